The molecule has 1 aromatic rings. The maximum atomic E-state index is 10.5. The molecule has 0 saturated heterocycles. The van der Waals surface area contributed by atoms with Crippen LogP contribution in [0.3, 0.4) is 0 Å². The summed E-state index contributed by atoms with van der Waals surface area (Å²) in [6, 6.07) is 8.20. The number of esters is 1. The first-order valence-corrected chi connectivity index (χ1v) is 5.12. The van der Waals surface area contributed by atoms with E-state index in [-0.39, 0.29) is 5.97 Å². The first kappa shape index (κ1) is 11.5. The topological polar surface area (TPSA) is 26.3 Å². The van der Waals surface area contributed by atoms with E-state index in [1.54, 1.807) is 0 Å². The third-order valence-corrected chi connectivity index (χ3v) is 2.12. The maximum Gasteiger partial charge on any atom is 0.302 e. The maximum absolute atomic E-state index is 10.5. The van der Waals surface area contributed by atoms with Gasteiger partial charge in [-0.1, -0.05) is 37.3 Å². The quantitative estimate of drug-likeness (QED) is 0.705. The van der Waals surface area contributed by atoms with Crippen molar-refractivity contribution in [1.29, 1.82) is 0 Å². The van der Waals surface area contributed by atoms with Crippen molar-refractivity contribution in [3.8, 4) is 0 Å². The van der Waals surface area contributed by atoms with Crippen molar-refractivity contribution in [2.75, 3.05) is 6.61 Å². The Balaban J connectivity index is 2.59. The second-order valence-electron chi connectivity index (χ2n) is 3.26. The highest BCUT2D eigenvalue weighted by molar-refractivity contribution is 5.66. The molecule has 0 atom stereocenters. The van der Waals surface area contributed by atoms with Gasteiger partial charge >= 0.3 is 5.97 Å². The molecule has 80 valence electrons. The molecule has 1 rings (SSSR count). The van der Waals surface area contributed by atoms with Crippen molar-refractivity contribution in [3.63, 3.8) is 0 Å². The van der Waals surface area contributed by atoms with E-state index in [4.69, 9.17) is 4.74 Å². The molecule has 0 amide bonds. The number of hydrogen-bond donors (Lipinski definition) is 0. The zero-order valence-corrected chi connectivity index (χ0v) is 9.19. The van der Waals surface area contributed by atoms with Crippen molar-refractivity contribution < 1.29 is 9.53 Å². The van der Waals surface area contributed by atoms with Crippen LogP contribution in [0.5, 0.6) is 0 Å². The van der Waals surface area contributed by atoms with E-state index in [2.05, 4.69) is 19.1 Å². The lowest BCUT2D eigenvalue weighted by atomic mass is 10.1. The van der Waals surface area contributed by atoms with E-state index in [0.717, 1.165) is 6.42 Å². The predicted molar refractivity (Wildman–Crippen MR) is 61.5 cm³/mol. The second-order valence-corrected chi connectivity index (χ2v) is 3.26. The van der Waals surface area contributed by atoms with Crippen LogP contribution in [0.25, 0.3) is 6.08 Å². The summed E-state index contributed by atoms with van der Waals surface area (Å²) in [5.74, 6) is -0.247. The minimum absolute atomic E-state index is 0.247. The number of carbonyl (C=O) groups is 1. The van der Waals surface area contributed by atoms with E-state index < -0.39 is 0 Å². The number of benzene rings is 1. The van der Waals surface area contributed by atoms with Crippen molar-refractivity contribution >= 4 is 12.0 Å². The van der Waals surface area contributed by atoms with E-state index in [1.807, 2.05) is 24.3 Å². The van der Waals surface area contributed by atoms with Gasteiger partial charge in [0.2, 0.25) is 0 Å². The van der Waals surface area contributed by atoms with Crippen LogP contribution in [0.2, 0.25) is 0 Å². The molecule has 0 fully saturated rings. The smallest absolute Gasteiger partial charge is 0.302 e. The van der Waals surface area contributed by atoms with Gasteiger partial charge in [-0.25, -0.2) is 0 Å². The van der Waals surface area contributed by atoms with Gasteiger partial charge in [-0.3, -0.25) is 4.79 Å². The molecule has 0 aliphatic carbocycles. The molecule has 2 nitrogen and oxygen atoms in total. The van der Waals surface area contributed by atoms with Gasteiger partial charge < -0.3 is 4.74 Å². The summed E-state index contributed by atoms with van der Waals surface area (Å²) < 4.78 is 4.81. The Bertz CT molecular complexity index is 353. The van der Waals surface area contributed by atoms with E-state index in [1.165, 1.54) is 18.1 Å². The molecule has 1 aromatic carbocycles. The standard InChI is InChI=1S/C13H16O2/c1-3-12-7-4-5-8-13(12)9-6-10-15-11(2)14/h4-9H,3,10H2,1-2H3. The van der Waals surface area contributed by atoms with Crippen LogP contribution in [-0.2, 0) is 16.0 Å². The highest BCUT2D eigenvalue weighted by Crippen LogP contribution is 2.10. The summed E-state index contributed by atoms with van der Waals surface area (Å²) in [7, 11) is 0. The largest absolute Gasteiger partial charge is 0.462 e. The molecule has 0 saturated carbocycles. The molecule has 2 heteroatoms. The Hall–Kier alpha value is -1.57. The van der Waals surface area contributed by atoms with Crippen molar-refractivity contribution in [1.82, 2.24) is 0 Å². The van der Waals surface area contributed by atoms with Gasteiger partial charge in [0.1, 0.15) is 6.61 Å². The number of hydrogen-bond acceptors (Lipinski definition) is 2. The molecule has 0 aromatic heterocycles. The van der Waals surface area contributed by atoms with Crippen LogP contribution in [0.4, 0.5) is 0 Å². The van der Waals surface area contributed by atoms with Crippen molar-refractivity contribution in [3.05, 3.63) is 41.5 Å². The number of carbonyl (C=O) groups excluding carboxylic acids is 1. The lowest BCUT2D eigenvalue weighted by Gasteiger charge is -2.01. The average molecular weight is 204 g/mol. The molecule has 0 heterocycles. The molecule has 15 heavy (non-hydrogen) atoms. The normalized spacial score (nSPS) is 10.5. The monoisotopic (exact) mass is 204 g/mol. The van der Waals surface area contributed by atoms with Crippen LogP contribution in [0.1, 0.15) is 25.0 Å². The predicted octanol–water partition coefficient (Wildman–Crippen LogP) is 2.83. The van der Waals surface area contributed by atoms with Crippen LogP contribution >= 0.6 is 0 Å². The summed E-state index contributed by atoms with van der Waals surface area (Å²) in [5, 5.41) is 0. The van der Waals surface area contributed by atoms with Crippen LogP contribution in [0.15, 0.2) is 30.3 Å². The minimum Gasteiger partial charge on any atom is -0.462 e. The molecular formula is C13H16O2. The van der Waals surface area contributed by atoms with Gasteiger partial charge in [0, 0.05) is 6.92 Å². The fraction of sp³-hybridized carbons (Fsp3) is 0.308. The number of aryl methyl sites for hydroxylation is 1. The van der Waals surface area contributed by atoms with Gasteiger partial charge in [-0.15, -0.1) is 0 Å². The summed E-state index contributed by atoms with van der Waals surface area (Å²) in [5.41, 5.74) is 2.49. The fourth-order valence-corrected chi connectivity index (χ4v) is 1.36. The van der Waals surface area contributed by atoms with Crippen LogP contribution in [0, 0.1) is 0 Å². The SMILES string of the molecule is CCc1ccccc1C=CCOC(C)=O. The van der Waals surface area contributed by atoms with Crippen molar-refractivity contribution in [2.45, 2.75) is 20.3 Å². The number of rotatable bonds is 4. The Labute approximate surface area is 90.6 Å². The summed E-state index contributed by atoms with van der Waals surface area (Å²) in [4.78, 5) is 10.5. The highest BCUT2D eigenvalue weighted by atomic mass is 16.5. The third kappa shape index (κ3) is 3.98. The molecule has 0 aliphatic heterocycles. The minimum atomic E-state index is -0.247. The summed E-state index contributed by atoms with van der Waals surface area (Å²) in [6.07, 6.45) is 4.85. The van der Waals surface area contributed by atoms with Crippen LogP contribution < -0.4 is 0 Å². The summed E-state index contributed by atoms with van der Waals surface area (Å²) in [6.45, 7) is 3.87. The van der Waals surface area contributed by atoms with Gasteiger partial charge in [0.15, 0.2) is 0 Å². The highest BCUT2D eigenvalue weighted by Gasteiger charge is 1.94. The first-order valence-electron chi connectivity index (χ1n) is 5.12. The molecule has 0 spiro atoms. The second kappa shape index (κ2) is 6.02. The Morgan fingerprint density at radius 2 is 2.13 bits per heavy atom. The lowest BCUT2D eigenvalue weighted by Crippen LogP contribution is -1.97. The summed E-state index contributed by atoms with van der Waals surface area (Å²) >= 11 is 0. The zero-order valence-electron chi connectivity index (χ0n) is 9.19. The molecule has 0 bridgehead atoms. The van der Waals surface area contributed by atoms with E-state index >= 15 is 0 Å². The molecule has 0 aliphatic rings. The number of ether oxygens (including phenoxy) is 1. The van der Waals surface area contributed by atoms with Gasteiger partial charge in [-0.05, 0) is 23.6 Å². The van der Waals surface area contributed by atoms with Gasteiger partial charge in [-0.2, -0.15) is 0 Å². The first-order chi connectivity index (χ1) is 7.24. The molecule has 0 radical (unpaired) electrons. The molecule has 0 N–H and O–H groups in total. The zero-order chi connectivity index (χ0) is 11.1. The van der Waals surface area contributed by atoms with Crippen LogP contribution in [-0.4, -0.2) is 12.6 Å². The van der Waals surface area contributed by atoms with Crippen molar-refractivity contribution in [2.24, 2.45) is 0 Å². The van der Waals surface area contributed by atoms with E-state index in [0.29, 0.717) is 6.61 Å². The third-order valence-electron chi connectivity index (χ3n) is 2.12. The van der Waals surface area contributed by atoms with Gasteiger partial charge in [0.25, 0.3) is 0 Å². The lowest BCUT2D eigenvalue weighted by molar-refractivity contribution is -0.139. The Kier molecular flexibility index (Phi) is 4.61. The van der Waals surface area contributed by atoms with Gasteiger partial charge in [0.05, 0.1) is 0 Å². The molecule has 0 unspecified atom stereocenters. The average Bonchev–Trinajstić information content (AvgIpc) is 2.24. The Morgan fingerprint density at radius 1 is 1.40 bits per heavy atom. The Morgan fingerprint density at radius 3 is 2.80 bits per heavy atom. The fourth-order valence-electron chi connectivity index (χ4n) is 1.36. The molecular weight excluding hydrogens is 188 g/mol. The van der Waals surface area contributed by atoms with E-state index in [9.17, 15) is 4.79 Å².